The van der Waals surface area contributed by atoms with E-state index in [1.165, 1.54) is 38.6 Å². The second kappa shape index (κ2) is 4.63. The van der Waals surface area contributed by atoms with Crippen molar-refractivity contribution in [2.45, 2.75) is 57.0 Å². The summed E-state index contributed by atoms with van der Waals surface area (Å²) < 4.78 is 0. The Labute approximate surface area is 87.1 Å². The average Bonchev–Trinajstić information content (AvgIpc) is 2.19. The molecule has 2 aliphatic rings. The highest BCUT2D eigenvalue weighted by Gasteiger charge is 2.32. The zero-order valence-electron chi connectivity index (χ0n) is 9.10. The molecule has 2 N–H and O–H groups in total. The molecule has 0 bridgehead atoms. The van der Waals surface area contributed by atoms with Gasteiger partial charge in [0.2, 0.25) is 0 Å². The SMILES string of the molecule is OC1(CC2CCCNC2)CCCCC1. The third-order valence-electron chi connectivity index (χ3n) is 3.85. The van der Waals surface area contributed by atoms with E-state index in [0.717, 1.165) is 31.7 Å². The molecule has 0 radical (unpaired) electrons. The molecule has 0 aromatic heterocycles. The van der Waals surface area contributed by atoms with Gasteiger partial charge in [0.05, 0.1) is 5.60 Å². The number of hydrogen-bond donors (Lipinski definition) is 2. The van der Waals surface area contributed by atoms with Crippen molar-refractivity contribution in [2.75, 3.05) is 13.1 Å². The predicted octanol–water partition coefficient (Wildman–Crippen LogP) is 2.07. The van der Waals surface area contributed by atoms with Crippen LogP contribution in [0.4, 0.5) is 0 Å². The fourth-order valence-electron chi connectivity index (χ4n) is 3.05. The highest BCUT2D eigenvalue weighted by molar-refractivity contribution is 4.86. The van der Waals surface area contributed by atoms with Gasteiger partial charge < -0.3 is 10.4 Å². The Morgan fingerprint density at radius 2 is 1.93 bits per heavy atom. The van der Waals surface area contributed by atoms with Crippen molar-refractivity contribution in [3.8, 4) is 0 Å². The van der Waals surface area contributed by atoms with Crippen LogP contribution < -0.4 is 5.32 Å². The van der Waals surface area contributed by atoms with Crippen LogP contribution in [0.1, 0.15) is 51.4 Å². The monoisotopic (exact) mass is 197 g/mol. The molecule has 1 heterocycles. The number of hydrogen-bond acceptors (Lipinski definition) is 2. The number of aliphatic hydroxyl groups is 1. The molecule has 0 spiro atoms. The largest absolute Gasteiger partial charge is 0.390 e. The number of piperidine rings is 1. The zero-order valence-corrected chi connectivity index (χ0v) is 9.10. The molecule has 1 aliphatic heterocycles. The first kappa shape index (κ1) is 10.4. The number of rotatable bonds is 2. The van der Waals surface area contributed by atoms with Crippen LogP contribution >= 0.6 is 0 Å². The van der Waals surface area contributed by atoms with Crippen LogP contribution in [0, 0.1) is 5.92 Å². The standard InChI is InChI=1S/C12H23NO/c14-12(6-2-1-3-7-12)9-11-5-4-8-13-10-11/h11,13-14H,1-10H2. The van der Waals surface area contributed by atoms with Crippen molar-refractivity contribution < 1.29 is 5.11 Å². The summed E-state index contributed by atoms with van der Waals surface area (Å²) in [6, 6.07) is 0. The summed E-state index contributed by atoms with van der Waals surface area (Å²) in [5.74, 6) is 0.729. The third-order valence-corrected chi connectivity index (χ3v) is 3.85. The van der Waals surface area contributed by atoms with Gasteiger partial charge in [0.15, 0.2) is 0 Å². The minimum Gasteiger partial charge on any atom is -0.390 e. The second-order valence-electron chi connectivity index (χ2n) is 5.20. The van der Waals surface area contributed by atoms with Crippen molar-refractivity contribution in [3.63, 3.8) is 0 Å². The van der Waals surface area contributed by atoms with E-state index in [0.29, 0.717) is 0 Å². The highest BCUT2D eigenvalue weighted by Crippen LogP contribution is 2.34. The molecule has 2 rings (SSSR count). The fraction of sp³-hybridized carbons (Fsp3) is 1.00. The summed E-state index contributed by atoms with van der Waals surface area (Å²) >= 11 is 0. The molecule has 1 unspecified atom stereocenters. The lowest BCUT2D eigenvalue weighted by molar-refractivity contribution is -0.0201. The summed E-state index contributed by atoms with van der Waals surface area (Å²) in [4.78, 5) is 0. The Hall–Kier alpha value is -0.0800. The van der Waals surface area contributed by atoms with Gasteiger partial charge >= 0.3 is 0 Å². The van der Waals surface area contributed by atoms with Gasteiger partial charge in [-0.15, -0.1) is 0 Å². The second-order valence-corrected chi connectivity index (χ2v) is 5.20. The molecule has 0 amide bonds. The Bertz CT molecular complexity index is 169. The maximum atomic E-state index is 10.4. The van der Waals surface area contributed by atoms with E-state index >= 15 is 0 Å². The Kier molecular flexibility index (Phi) is 3.45. The molecular weight excluding hydrogens is 174 g/mol. The van der Waals surface area contributed by atoms with Crippen LogP contribution in [0.25, 0.3) is 0 Å². The Morgan fingerprint density at radius 1 is 1.14 bits per heavy atom. The minimum absolute atomic E-state index is 0.304. The van der Waals surface area contributed by atoms with Crippen LogP contribution in [-0.4, -0.2) is 23.8 Å². The van der Waals surface area contributed by atoms with Crippen LogP contribution in [0.2, 0.25) is 0 Å². The first-order valence-corrected chi connectivity index (χ1v) is 6.22. The Morgan fingerprint density at radius 3 is 2.57 bits per heavy atom. The van der Waals surface area contributed by atoms with E-state index in [1.54, 1.807) is 0 Å². The molecule has 2 heteroatoms. The molecule has 1 saturated carbocycles. The first-order chi connectivity index (χ1) is 6.79. The molecule has 1 saturated heterocycles. The van der Waals surface area contributed by atoms with Crippen LogP contribution in [0.5, 0.6) is 0 Å². The van der Waals surface area contributed by atoms with Gasteiger partial charge in [-0.2, -0.15) is 0 Å². The quantitative estimate of drug-likeness (QED) is 0.710. The van der Waals surface area contributed by atoms with E-state index in [1.807, 2.05) is 0 Å². The normalized spacial score (nSPS) is 32.8. The molecule has 14 heavy (non-hydrogen) atoms. The molecule has 0 aromatic rings. The highest BCUT2D eigenvalue weighted by atomic mass is 16.3. The van der Waals surface area contributed by atoms with E-state index in [4.69, 9.17) is 0 Å². The summed E-state index contributed by atoms with van der Waals surface area (Å²) in [5, 5.41) is 13.8. The topological polar surface area (TPSA) is 32.3 Å². The lowest BCUT2D eigenvalue weighted by Gasteiger charge is -2.36. The van der Waals surface area contributed by atoms with Gasteiger partial charge in [0, 0.05) is 0 Å². The van der Waals surface area contributed by atoms with Crippen molar-refractivity contribution >= 4 is 0 Å². The maximum absolute atomic E-state index is 10.4. The molecule has 2 fully saturated rings. The zero-order chi connectivity index (χ0) is 9.86. The van der Waals surface area contributed by atoms with Gasteiger partial charge in [-0.05, 0) is 51.1 Å². The van der Waals surface area contributed by atoms with E-state index in [2.05, 4.69) is 5.32 Å². The van der Waals surface area contributed by atoms with Gasteiger partial charge in [-0.3, -0.25) is 0 Å². The molecule has 1 atom stereocenters. The average molecular weight is 197 g/mol. The number of nitrogens with one attached hydrogen (secondary N) is 1. The lowest BCUT2D eigenvalue weighted by atomic mass is 9.77. The van der Waals surface area contributed by atoms with Crippen LogP contribution in [0.3, 0.4) is 0 Å². The first-order valence-electron chi connectivity index (χ1n) is 6.22. The van der Waals surface area contributed by atoms with Crippen LogP contribution in [-0.2, 0) is 0 Å². The van der Waals surface area contributed by atoms with Crippen molar-refractivity contribution in [1.29, 1.82) is 0 Å². The van der Waals surface area contributed by atoms with E-state index in [9.17, 15) is 5.11 Å². The lowest BCUT2D eigenvalue weighted by Crippen LogP contribution is -2.39. The minimum atomic E-state index is -0.304. The summed E-state index contributed by atoms with van der Waals surface area (Å²) in [5.41, 5.74) is -0.304. The summed E-state index contributed by atoms with van der Waals surface area (Å²) in [6.07, 6.45) is 9.53. The van der Waals surface area contributed by atoms with Crippen molar-refractivity contribution in [2.24, 2.45) is 5.92 Å². The van der Waals surface area contributed by atoms with Crippen molar-refractivity contribution in [3.05, 3.63) is 0 Å². The van der Waals surface area contributed by atoms with E-state index < -0.39 is 0 Å². The van der Waals surface area contributed by atoms with Gasteiger partial charge in [0.1, 0.15) is 0 Å². The maximum Gasteiger partial charge on any atom is 0.0651 e. The molecule has 82 valence electrons. The molecule has 1 aliphatic carbocycles. The summed E-state index contributed by atoms with van der Waals surface area (Å²) in [7, 11) is 0. The van der Waals surface area contributed by atoms with Gasteiger partial charge in [-0.1, -0.05) is 19.3 Å². The molecular formula is C12H23NO. The third kappa shape index (κ3) is 2.71. The van der Waals surface area contributed by atoms with E-state index in [-0.39, 0.29) is 5.60 Å². The molecule has 2 nitrogen and oxygen atoms in total. The van der Waals surface area contributed by atoms with Gasteiger partial charge in [0.25, 0.3) is 0 Å². The van der Waals surface area contributed by atoms with Gasteiger partial charge in [-0.25, -0.2) is 0 Å². The van der Waals surface area contributed by atoms with Crippen LogP contribution in [0.15, 0.2) is 0 Å². The Balaban J connectivity index is 1.81. The summed E-state index contributed by atoms with van der Waals surface area (Å²) in [6.45, 7) is 2.30. The van der Waals surface area contributed by atoms with Crippen molar-refractivity contribution in [1.82, 2.24) is 5.32 Å². The molecule has 0 aromatic carbocycles. The smallest absolute Gasteiger partial charge is 0.0651 e. The fourth-order valence-corrected chi connectivity index (χ4v) is 3.05. The predicted molar refractivity (Wildman–Crippen MR) is 58.2 cm³/mol.